The first kappa shape index (κ1) is 20.5. The molecule has 0 bridgehead atoms. The van der Waals surface area contributed by atoms with Gasteiger partial charge in [0, 0.05) is 11.6 Å². The lowest BCUT2D eigenvalue weighted by Crippen LogP contribution is -2.26. The average molecular weight is 415 g/mol. The summed E-state index contributed by atoms with van der Waals surface area (Å²) in [6.45, 7) is -0.331. The molecule has 1 aromatic carbocycles. The van der Waals surface area contributed by atoms with Crippen LogP contribution in [0, 0.1) is 0 Å². The van der Waals surface area contributed by atoms with Gasteiger partial charge in [0.25, 0.3) is 5.91 Å². The fourth-order valence-electron chi connectivity index (χ4n) is 1.96. The van der Waals surface area contributed by atoms with Crippen molar-refractivity contribution in [3.05, 3.63) is 22.7 Å². The van der Waals surface area contributed by atoms with Gasteiger partial charge in [-0.1, -0.05) is 23.4 Å². The molecule has 144 valence electrons. The first-order valence-corrected chi connectivity index (χ1v) is 8.65. The highest BCUT2D eigenvalue weighted by Gasteiger charge is 2.32. The standard InChI is InChI=1S/C15H15ClN4O6S/c1-25-9-2-7(8(16)3-10(9)26-6-12(17)21)5-18-20-15-19-14(24)11(27-15)4-13(22)23/h2-3,5,11H,4,6H2,1H3,(H2,17,21)(H,22,23)(H,19,20,24). The number of hydrogen-bond acceptors (Lipinski definition) is 8. The molecule has 0 saturated carbocycles. The molecule has 1 fully saturated rings. The molecular weight excluding hydrogens is 400 g/mol. The van der Waals surface area contributed by atoms with Crippen molar-refractivity contribution in [3.8, 4) is 11.5 Å². The molecule has 0 spiro atoms. The number of primary amides is 1. The number of amidine groups is 1. The molecule has 27 heavy (non-hydrogen) atoms. The lowest BCUT2D eigenvalue weighted by molar-refractivity contribution is -0.138. The summed E-state index contributed by atoms with van der Waals surface area (Å²) in [4.78, 5) is 33.1. The van der Waals surface area contributed by atoms with Crippen molar-refractivity contribution in [3.63, 3.8) is 0 Å². The number of hydrogen-bond donors (Lipinski definition) is 3. The summed E-state index contributed by atoms with van der Waals surface area (Å²) in [6, 6.07) is 2.96. The van der Waals surface area contributed by atoms with Crippen LogP contribution in [-0.4, -0.2) is 53.2 Å². The SMILES string of the molecule is COc1cc(C=NN=C2NC(=O)C(CC(=O)O)S2)c(Cl)cc1OCC(N)=O. The third kappa shape index (κ3) is 5.86. The zero-order valence-electron chi connectivity index (χ0n) is 14.0. The highest BCUT2D eigenvalue weighted by molar-refractivity contribution is 8.15. The molecule has 2 rings (SSSR count). The maximum Gasteiger partial charge on any atom is 0.305 e. The number of rotatable bonds is 8. The van der Waals surface area contributed by atoms with E-state index in [1.165, 1.54) is 25.5 Å². The second-order valence-corrected chi connectivity index (χ2v) is 6.72. The summed E-state index contributed by atoms with van der Waals surface area (Å²) < 4.78 is 10.4. The summed E-state index contributed by atoms with van der Waals surface area (Å²) in [5, 5.41) is 18.6. The van der Waals surface area contributed by atoms with E-state index in [9.17, 15) is 14.4 Å². The number of carbonyl (C=O) groups excluding carboxylic acids is 2. The summed E-state index contributed by atoms with van der Waals surface area (Å²) in [5.41, 5.74) is 5.48. The number of nitrogens with two attached hydrogens (primary N) is 1. The Kier molecular flexibility index (Phi) is 7.02. The molecule has 12 heteroatoms. The summed E-state index contributed by atoms with van der Waals surface area (Å²) in [5.74, 6) is -1.62. The van der Waals surface area contributed by atoms with Crippen LogP contribution in [0.4, 0.5) is 0 Å². The Morgan fingerprint density at radius 3 is 2.81 bits per heavy atom. The molecule has 1 heterocycles. The normalized spacial score (nSPS) is 17.9. The Morgan fingerprint density at radius 2 is 2.19 bits per heavy atom. The molecule has 0 radical (unpaired) electrons. The van der Waals surface area contributed by atoms with Gasteiger partial charge in [0.2, 0.25) is 5.91 Å². The number of ether oxygens (including phenoxy) is 2. The molecular formula is C15H15ClN4O6S. The Morgan fingerprint density at radius 1 is 1.44 bits per heavy atom. The first-order chi connectivity index (χ1) is 12.8. The van der Waals surface area contributed by atoms with Gasteiger partial charge in [-0.2, -0.15) is 5.10 Å². The van der Waals surface area contributed by atoms with Gasteiger partial charge >= 0.3 is 5.97 Å². The number of carboxylic acid groups (broad SMARTS) is 1. The molecule has 10 nitrogen and oxygen atoms in total. The molecule has 1 aliphatic heterocycles. The van der Waals surface area contributed by atoms with Gasteiger partial charge < -0.3 is 25.6 Å². The van der Waals surface area contributed by atoms with Crippen LogP contribution in [0.3, 0.4) is 0 Å². The zero-order chi connectivity index (χ0) is 20.0. The zero-order valence-corrected chi connectivity index (χ0v) is 15.5. The predicted octanol–water partition coefficient (Wildman–Crippen LogP) is 0.609. The Balaban J connectivity index is 2.11. The van der Waals surface area contributed by atoms with Gasteiger partial charge in [-0.05, 0) is 6.07 Å². The third-order valence-corrected chi connectivity index (χ3v) is 4.53. The number of halogens is 1. The molecule has 0 aliphatic carbocycles. The van der Waals surface area contributed by atoms with Crippen LogP contribution in [0.15, 0.2) is 22.3 Å². The van der Waals surface area contributed by atoms with E-state index in [4.69, 9.17) is 31.9 Å². The van der Waals surface area contributed by atoms with Gasteiger partial charge in [-0.25, -0.2) is 0 Å². The number of amides is 2. The van der Waals surface area contributed by atoms with Crippen molar-refractivity contribution >= 4 is 52.5 Å². The number of carboxylic acids is 1. The van der Waals surface area contributed by atoms with Crippen LogP contribution in [0.2, 0.25) is 5.02 Å². The minimum atomic E-state index is -1.08. The van der Waals surface area contributed by atoms with Crippen molar-refractivity contribution in [2.45, 2.75) is 11.7 Å². The van der Waals surface area contributed by atoms with Crippen molar-refractivity contribution < 1.29 is 29.0 Å². The molecule has 4 N–H and O–H groups in total. The molecule has 0 aromatic heterocycles. The van der Waals surface area contributed by atoms with Gasteiger partial charge in [0.1, 0.15) is 5.25 Å². The van der Waals surface area contributed by atoms with E-state index >= 15 is 0 Å². The number of nitrogens with zero attached hydrogens (tertiary/aromatic N) is 2. The van der Waals surface area contributed by atoms with Crippen molar-refractivity contribution in [2.75, 3.05) is 13.7 Å². The quantitative estimate of drug-likeness (QED) is 0.416. The smallest absolute Gasteiger partial charge is 0.305 e. The number of thioether (sulfide) groups is 1. The maximum atomic E-state index is 11.6. The van der Waals surface area contributed by atoms with Gasteiger partial charge in [0.05, 0.1) is 24.8 Å². The largest absolute Gasteiger partial charge is 0.493 e. The third-order valence-electron chi connectivity index (χ3n) is 3.13. The minimum absolute atomic E-state index is 0.187. The van der Waals surface area contributed by atoms with Crippen LogP contribution < -0.4 is 20.5 Å². The van der Waals surface area contributed by atoms with Crippen molar-refractivity contribution in [2.24, 2.45) is 15.9 Å². The van der Waals surface area contributed by atoms with Gasteiger partial charge in [-0.15, -0.1) is 5.10 Å². The number of aliphatic carboxylic acids is 1. The number of nitrogens with one attached hydrogen (secondary N) is 1. The van der Waals surface area contributed by atoms with Crippen LogP contribution in [0.1, 0.15) is 12.0 Å². The van der Waals surface area contributed by atoms with Crippen LogP contribution >= 0.6 is 23.4 Å². The van der Waals surface area contributed by atoms with E-state index in [2.05, 4.69) is 15.5 Å². The second kappa shape index (κ2) is 9.24. The maximum absolute atomic E-state index is 11.6. The molecule has 1 atom stereocenters. The highest BCUT2D eigenvalue weighted by atomic mass is 35.5. The Bertz CT molecular complexity index is 829. The van der Waals surface area contributed by atoms with Gasteiger partial charge in [0.15, 0.2) is 23.3 Å². The Hall–Kier alpha value is -2.79. The second-order valence-electron chi connectivity index (χ2n) is 5.12. The number of carbonyl (C=O) groups is 3. The van der Waals surface area contributed by atoms with E-state index in [1.54, 1.807) is 0 Å². The highest BCUT2D eigenvalue weighted by Crippen LogP contribution is 2.32. The lowest BCUT2D eigenvalue weighted by Gasteiger charge is -2.11. The fraction of sp³-hybridized carbons (Fsp3) is 0.267. The fourth-order valence-corrected chi connectivity index (χ4v) is 3.08. The summed E-state index contributed by atoms with van der Waals surface area (Å²) >= 11 is 7.12. The summed E-state index contributed by atoms with van der Waals surface area (Å²) in [6.07, 6.45) is 1.02. The van der Waals surface area contributed by atoms with E-state index in [-0.39, 0.29) is 29.0 Å². The monoisotopic (exact) mass is 414 g/mol. The van der Waals surface area contributed by atoms with Crippen LogP contribution in [-0.2, 0) is 14.4 Å². The molecule has 1 unspecified atom stereocenters. The van der Waals surface area contributed by atoms with Crippen LogP contribution in [0.5, 0.6) is 11.5 Å². The van der Waals surface area contributed by atoms with E-state index in [0.29, 0.717) is 11.3 Å². The Labute approximate surface area is 162 Å². The minimum Gasteiger partial charge on any atom is -0.493 e. The topological polar surface area (TPSA) is 153 Å². The molecule has 1 saturated heterocycles. The van der Waals surface area contributed by atoms with E-state index < -0.39 is 23.0 Å². The molecule has 1 aromatic rings. The van der Waals surface area contributed by atoms with E-state index in [1.807, 2.05) is 0 Å². The van der Waals surface area contributed by atoms with Crippen molar-refractivity contribution in [1.82, 2.24) is 5.32 Å². The molecule has 2 amide bonds. The summed E-state index contributed by atoms with van der Waals surface area (Å²) in [7, 11) is 1.41. The predicted molar refractivity (Wildman–Crippen MR) is 99.5 cm³/mol. The number of methoxy groups -OCH3 is 1. The van der Waals surface area contributed by atoms with E-state index in [0.717, 1.165) is 11.8 Å². The molecule has 1 aliphatic rings. The van der Waals surface area contributed by atoms with Gasteiger partial charge in [-0.3, -0.25) is 14.4 Å². The first-order valence-electron chi connectivity index (χ1n) is 7.39. The average Bonchev–Trinajstić information content (AvgIpc) is 2.93. The number of benzene rings is 1. The lowest BCUT2D eigenvalue weighted by atomic mass is 10.2. The van der Waals surface area contributed by atoms with Crippen LogP contribution in [0.25, 0.3) is 0 Å². The van der Waals surface area contributed by atoms with Crippen molar-refractivity contribution in [1.29, 1.82) is 0 Å².